The number of ether oxygens (including phenoxy) is 1. The summed E-state index contributed by atoms with van der Waals surface area (Å²) in [5, 5.41) is 6.54. The number of nitrogens with zero attached hydrogens (tertiary/aromatic N) is 2. The van der Waals surface area contributed by atoms with Crippen LogP contribution in [0.2, 0.25) is 0 Å². The molecule has 2 atom stereocenters. The van der Waals surface area contributed by atoms with E-state index in [-0.39, 0.29) is 12.0 Å². The van der Waals surface area contributed by atoms with E-state index in [4.69, 9.17) is 4.74 Å². The average Bonchev–Trinajstić information content (AvgIpc) is 3.15. The number of hydrogen-bond donors (Lipinski definition) is 2. The van der Waals surface area contributed by atoms with Gasteiger partial charge in [0.25, 0.3) is 5.91 Å². The summed E-state index contributed by atoms with van der Waals surface area (Å²) in [6, 6.07) is 17.2. The van der Waals surface area contributed by atoms with E-state index in [0.29, 0.717) is 23.6 Å². The van der Waals surface area contributed by atoms with E-state index in [0.717, 1.165) is 13.1 Å². The maximum atomic E-state index is 12.7. The summed E-state index contributed by atoms with van der Waals surface area (Å²) in [6.45, 7) is 4.07. The highest BCUT2D eigenvalue weighted by Crippen LogP contribution is 2.19. The minimum atomic E-state index is -0.610. The van der Waals surface area contributed by atoms with E-state index in [2.05, 4.69) is 37.0 Å². The van der Waals surface area contributed by atoms with Crippen LogP contribution in [0, 0.1) is 0 Å². The van der Waals surface area contributed by atoms with Gasteiger partial charge in [-0.1, -0.05) is 35.5 Å². The molecule has 29 heavy (non-hydrogen) atoms. The van der Waals surface area contributed by atoms with Crippen LogP contribution in [0.15, 0.2) is 63.9 Å². The third-order valence-electron chi connectivity index (χ3n) is 4.74. The van der Waals surface area contributed by atoms with Gasteiger partial charge in [-0.2, -0.15) is 0 Å². The standard InChI is InChI=1S/C21H22N4O4/c1-14-11-25(12-15-5-3-2-4-6-15)13-18(28-14)20(26)22-17-9-7-16(8-10-17)19-23-21(27)29-24-19/h2-10,14,18H,11-13H2,1H3,(H,22,26)(H,23,24,27)/t14-,18-/m1/s1. The monoisotopic (exact) mass is 394 g/mol. The topological polar surface area (TPSA) is 100 Å². The van der Waals surface area contributed by atoms with Gasteiger partial charge in [-0.25, -0.2) is 4.79 Å². The van der Waals surface area contributed by atoms with Gasteiger partial charge in [-0.05, 0) is 36.8 Å². The number of amides is 1. The van der Waals surface area contributed by atoms with Crippen molar-refractivity contribution in [3.63, 3.8) is 0 Å². The molecule has 8 nitrogen and oxygen atoms in total. The highest BCUT2D eigenvalue weighted by atomic mass is 16.5. The molecule has 2 N–H and O–H groups in total. The van der Waals surface area contributed by atoms with Crippen LogP contribution in [0.5, 0.6) is 0 Å². The van der Waals surface area contributed by atoms with Crippen molar-refractivity contribution < 1.29 is 14.1 Å². The van der Waals surface area contributed by atoms with Crippen molar-refractivity contribution in [3.05, 3.63) is 70.7 Å². The minimum Gasteiger partial charge on any atom is -0.363 e. The Morgan fingerprint density at radius 2 is 1.93 bits per heavy atom. The Labute approximate surface area is 167 Å². The quantitative estimate of drug-likeness (QED) is 0.689. The number of aromatic nitrogens is 2. The first kappa shape index (κ1) is 19.1. The molecular formula is C21H22N4O4. The number of nitrogens with one attached hydrogen (secondary N) is 2. The maximum absolute atomic E-state index is 12.7. The lowest BCUT2D eigenvalue weighted by Crippen LogP contribution is -2.50. The van der Waals surface area contributed by atoms with Gasteiger partial charge in [0, 0.05) is 30.9 Å². The van der Waals surface area contributed by atoms with Crippen LogP contribution in [0.3, 0.4) is 0 Å². The molecule has 150 valence electrons. The molecule has 1 aromatic heterocycles. The fourth-order valence-corrected chi connectivity index (χ4v) is 3.44. The van der Waals surface area contributed by atoms with Crippen LogP contribution in [-0.2, 0) is 16.1 Å². The highest BCUT2D eigenvalue weighted by molar-refractivity contribution is 5.94. The molecule has 1 aliphatic rings. The smallest absolute Gasteiger partial charge is 0.363 e. The van der Waals surface area contributed by atoms with Crippen LogP contribution in [0.4, 0.5) is 5.69 Å². The van der Waals surface area contributed by atoms with Crippen molar-refractivity contribution in [2.45, 2.75) is 25.7 Å². The Kier molecular flexibility index (Phi) is 5.55. The number of rotatable bonds is 5. The Bertz CT molecular complexity index is 1010. The van der Waals surface area contributed by atoms with Crippen LogP contribution < -0.4 is 11.1 Å². The first-order valence-electron chi connectivity index (χ1n) is 9.46. The summed E-state index contributed by atoms with van der Waals surface area (Å²) in [4.78, 5) is 28.5. The van der Waals surface area contributed by atoms with Gasteiger partial charge in [-0.3, -0.25) is 19.2 Å². The first-order chi connectivity index (χ1) is 14.1. The van der Waals surface area contributed by atoms with Gasteiger partial charge >= 0.3 is 5.76 Å². The number of carbonyl (C=O) groups is 1. The Morgan fingerprint density at radius 3 is 2.62 bits per heavy atom. The molecule has 0 saturated carbocycles. The molecule has 0 radical (unpaired) electrons. The van der Waals surface area contributed by atoms with Crippen molar-refractivity contribution in [1.82, 2.24) is 15.0 Å². The summed E-state index contributed by atoms with van der Waals surface area (Å²) < 4.78 is 10.4. The molecule has 1 aliphatic heterocycles. The molecule has 2 aromatic carbocycles. The van der Waals surface area contributed by atoms with Crippen LogP contribution in [-0.4, -0.2) is 46.2 Å². The summed E-state index contributed by atoms with van der Waals surface area (Å²) in [5.74, 6) is -0.452. The Morgan fingerprint density at radius 1 is 1.17 bits per heavy atom. The van der Waals surface area contributed by atoms with E-state index in [1.807, 2.05) is 25.1 Å². The van der Waals surface area contributed by atoms with Gasteiger partial charge in [0.1, 0.15) is 6.10 Å². The van der Waals surface area contributed by atoms with Gasteiger partial charge < -0.3 is 10.1 Å². The average molecular weight is 394 g/mol. The molecule has 1 saturated heterocycles. The second-order valence-electron chi connectivity index (χ2n) is 7.13. The predicted octanol–water partition coefficient (Wildman–Crippen LogP) is 2.26. The van der Waals surface area contributed by atoms with Crippen molar-refractivity contribution >= 4 is 11.6 Å². The van der Waals surface area contributed by atoms with Gasteiger partial charge in [0.05, 0.1) is 6.10 Å². The van der Waals surface area contributed by atoms with Gasteiger partial charge in [0.2, 0.25) is 0 Å². The zero-order valence-corrected chi connectivity index (χ0v) is 16.0. The van der Waals surface area contributed by atoms with E-state index >= 15 is 0 Å². The molecule has 0 bridgehead atoms. The number of morpholine rings is 1. The molecule has 2 heterocycles. The minimum absolute atomic E-state index is 0.0328. The summed E-state index contributed by atoms with van der Waals surface area (Å²) in [7, 11) is 0. The number of aromatic amines is 1. The van der Waals surface area contributed by atoms with Crippen LogP contribution >= 0.6 is 0 Å². The molecular weight excluding hydrogens is 372 g/mol. The second-order valence-corrected chi connectivity index (χ2v) is 7.13. The molecule has 3 aromatic rings. The van der Waals surface area contributed by atoms with Crippen molar-refractivity contribution in [1.29, 1.82) is 0 Å². The summed E-state index contributed by atoms with van der Waals surface area (Å²) >= 11 is 0. The van der Waals surface area contributed by atoms with Crippen LogP contribution in [0.1, 0.15) is 12.5 Å². The first-order valence-corrected chi connectivity index (χ1v) is 9.46. The van der Waals surface area contributed by atoms with E-state index in [1.165, 1.54) is 5.56 Å². The molecule has 4 rings (SSSR count). The van der Waals surface area contributed by atoms with Crippen LogP contribution in [0.25, 0.3) is 11.4 Å². The van der Waals surface area contributed by atoms with Crippen molar-refractivity contribution in [3.8, 4) is 11.4 Å². The zero-order valence-electron chi connectivity index (χ0n) is 16.0. The number of anilines is 1. The fraction of sp³-hybridized carbons (Fsp3) is 0.286. The lowest BCUT2D eigenvalue weighted by Gasteiger charge is -2.36. The molecule has 0 unspecified atom stereocenters. The van der Waals surface area contributed by atoms with Gasteiger partial charge in [-0.15, -0.1) is 0 Å². The fourth-order valence-electron chi connectivity index (χ4n) is 3.44. The normalized spacial score (nSPS) is 19.8. The van der Waals surface area contributed by atoms with Crippen molar-refractivity contribution in [2.24, 2.45) is 0 Å². The van der Waals surface area contributed by atoms with Gasteiger partial charge in [0.15, 0.2) is 5.82 Å². The molecule has 0 spiro atoms. The molecule has 0 aliphatic carbocycles. The van der Waals surface area contributed by atoms with E-state index in [1.54, 1.807) is 24.3 Å². The third-order valence-corrected chi connectivity index (χ3v) is 4.74. The Hall–Kier alpha value is -3.23. The summed E-state index contributed by atoms with van der Waals surface area (Å²) in [6.07, 6.45) is -0.580. The zero-order chi connectivity index (χ0) is 20.2. The SMILES string of the molecule is C[C@@H]1CN(Cc2ccccc2)C[C@H](C(=O)Nc2ccc(-c3noc(=O)[nH]3)cc2)O1. The molecule has 1 amide bonds. The third kappa shape index (κ3) is 4.79. The van der Waals surface area contributed by atoms with E-state index in [9.17, 15) is 9.59 Å². The summed E-state index contributed by atoms with van der Waals surface area (Å²) in [5.41, 5.74) is 2.54. The lowest BCUT2D eigenvalue weighted by atomic mass is 10.1. The maximum Gasteiger partial charge on any atom is 0.439 e. The number of carbonyl (C=O) groups excluding carboxylic acids is 1. The molecule has 8 heteroatoms. The van der Waals surface area contributed by atoms with E-state index < -0.39 is 11.9 Å². The highest BCUT2D eigenvalue weighted by Gasteiger charge is 2.30. The number of hydrogen-bond acceptors (Lipinski definition) is 6. The number of benzene rings is 2. The largest absolute Gasteiger partial charge is 0.439 e. The number of H-pyrrole nitrogens is 1. The second kappa shape index (κ2) is 8.42. The molecule has 1 fully saturated rings. The lowest BCUT2D eigenvalue weighted by molar-refractivity contribution is -0.140. The predicted molar refractivity (Wildman–Crippen MR) is 107 cm³/mol. The Balaban J connectivity index is 1.38. The van der Waals surface area contributed by atoms with Crippen molar-refractivity contribution in [2.75, 3.05) is 18.4 Å².